The fourth-order valence-corrected chi connectivity index (χ4v) is 2.53. The van der Waals surface area contributed by atoms with Gasteiger partial charge in [-0.15, -0.1) is 0 Å². The second-order valence-corrected chi connectivity index (χ2v) is 4.73. The number of hydrogen-bond acceptors (Lipinski definition) is 3. The van der Waals surface area contributed by atoms with Crippen molar-refractivity contribution >= 4 is 11.4 Å². The highest BCUT2D eigenvalue weighted by Crippen LogP contribution is 2.36. The Hall–Kier alpha value is -2.03. The van der Waals surface area contributed by atoms with Crippen LogP contribution in [0.15, 0.2) is 42.6 Å². The van der Waals surface area contributed by atoms with E-state index >= 15 is 0 Å². The molecule has 0 amide bonds. The smallest absolute Gasteiger partial charge is 0.0966 e. The Bertz CT molecular complexity index is 551. The summed E-state index contributed by atoms with van der Waals surface area (Å²) in [6, 6.07) is 12.6. The average molecular weight is 239 g/mol. The maximum Gasteiger partial charge on any atom is 0.0966 e. The van der Waals surface area contributed by atoms with Crippen LogP contribution in [0.2, 0.25) is 0 Å². The predicted octanol–water partition coefficient (Wildman–Crippen LogP) is 3.17. The summed E-state index contributed by atoms with van der Waals surface area (Å²) >= 11 is 0. The second-order valence-electron chi connectivity index (χ2n) is 4.73. The van der Waals surface area contributed by atoms with E-state index in [-0.39, 0.29) is 0 Å². The third-order valence-corrected chi connectivity index (χ3v) is 3.42. The lowest BCUT2D eigenvalue weighted by molar-refractivity contribution is 0.721. The van der Waals surface area contributed by atoms with Gasteiger partial charge in [0, 0.05) is 12.7 Å². The lowest BCUT2D eigenvalue weighted by Crippen LogP contribution is -2.32. The van der Waals surface area contributed by atoms with Gasteiger partial charge in [-0.2, -0.15) is 0 Å². The van der Waals surface area contributed by atoms with E-state index in [1.807, 2.05) is 12.3 Å². The van der Waals surface area contributed by atoms with Gasteiger partial charge >= 0.3 is 0 Å². The second kappa shape index (κ2) is 4.33. The Balaban J connectivity index is 1.95. The fourth-order valence-electron chi connectivity index (χ4n) is 2.53. The molecule has 1 aromatic heterocycles. The maximum absolute atomic E-state index is 4.40. The number of rotatable bonds is 2. The molecule has 0 aliphatic carbocycles. The molecule has 1 aliphatic rings. The summed E-state index contributed by atoms with van der Waals surface area (Å²) in [6.45, 7) is 5.16. The fraction of sp³-hybridized carbons (Fsp3) is 0.267. The van der Waals surface area contributed by atoms with Crippen LogP contribution in [0.25, 0.3) is 0 Å². The number of benzene rings is 1. The van der Waals surface area contributed by atoms with Gasteiger partial charge in [-0.25, -0.2) is 0 Å². The molecule has 0 saturated carbocycles. The third-order valence-electron chi connectivity index (χ3n) is 3.42. The van der Waals surface area contributed by atoms with Crippen molar-refractivity contribution in [1.82, 2.24) is 4.98 Å². The van der Waals surface area contributed by atoms with Crippen molar-refractivity contribution in [3.63, 3.8) is 0 Å². The SMILES string of the molecule is Cc1nccc2c1N(Cc1ccccc1)C(C)N2. The molecular formula is C15H17N3. The number of nitrogens with one attached hydrogen (secondary N) is 1. The summed E-state index contributed by atoms with van der Waals surface area (Å²) in [5.41, 5.74) is 4.82. The maximum atomic E-state index is 4.40. The van der Waals surface area contributed by atoms with Crippen LogP contribution in [-0.2, 0) is 6.54 Å². The molecule has 1 aromatic carbocycles. The molecule has 3 rings (SSSR count). The zero-order valence-corrected chi connectivity index (χ0v) is 10.7. The first kappa shape index (κ1) is 11.1. The monoisotopic (exact) mass is 239 g/mol. The van der Waals surface area contributed by atoms with Crippen molar-refractivity contribution in [1.29, 1.82) is 0 Å². The van der Waals surface area contributed by atoms with Gasteiger partial charge in [0.25, 0.3) is 0 Å². The highest BCUT2D eigenvalue weighted by Gasteiger charge is 2.27. The molecule has 1 aliphatic heterocycles. The summed E-state index contributed by atoms with van der Waals surface area (Å²) in [5.74, 6) is 0. The third kappa shape index (κ3) is 1.82. The van der Waals surface area contributed by atoms with Gasteiger partial charge in [-0.3, -0.25) is 4.98 Å². The Labute approximate surface area is 107 Å². The molecule has 0 bridgehead atoms. The number of aromatic nitrogens is 1. The van der Waals surface area contributed by atoms with Crippen LogP contribution in [0, 0.1) is 6.92 Å². The highest BCUT2D eigenvalue weighted by molar-refractivity contribution is 5.77. The van der Waals surface area contributed by atoms with Crippen LogP contribution >= 0.6 is 0 Å². The van der Waals surface area contributed by atoms with Crippen LogP contribution in [0.3, 0.4) is 0 Å². The van der Waals surface area contributed by atoms with Crippen LogP contribution in [-0.4, -0.2) is 11.1 Å². The average Bonchev–Trinajstić information content (AvgIpc) is 2.69. The van der Waals surface area contributed by atoms with Gasteiger partial charge in [-0.1, -0.05) is 30.3 Å². The largest absolute Gasteiger partial charge is 0.364 e. The molecule has 3 nitrogen and oxygen atoms in total. The van der Waals surface area contributed by atoms with E-state index in [0.717, 1.165) is 12.2 Å². The Kier molecular flexibility index (Phi) is 2.67. The van der Waals surface area contributed by atoms with E-state index < -0.39 is 0 Å². The van der Waals surface area contributed by atoms with Gasteiger partial charge < -0.3 is 10.2 Å². The van der Waals surface area contributed by atoms with Gasteiger partial charge in [0.15, 0.2) is 0 Å². The number of hydrogen-bond donors (Lipinski definition) is 1. The van der Waals surface area contributed by atoms with Crippen LogP contribution in [0.5, 0.6) is 0 Å². The molecule has 2 aromatic rings. The summed E-state index contributed by atoms with van der Waals surface area (Å²) < 4.78 is 0. The molecule has 18 heavy (non-hydrogen) atoms. The first-order chi connectivity index (χ1) is 8.75. The number of pyridine rings is 1. The van der Waals surface area contributed by atoms with Crippen molar-refractivity contribution in [2.75, 3.05) is 10.2 Å². The standard InChI is InChI=1S/C15H17N3/c1-11-15-14(8-9-16-11)17-12(2)18(15)10-13-6-4-3-5-7-13/h3-9,12,17H,10H2,1-2H3. The van der Waals surface area contributed by atoms with Crippen molar-refractivity contribution in [2.24, 2.45) is 0 Å². The van der Waals surface area contributed by atoms with Crippen molar-refractivity contribution < 1.29 is 0 Å². The molecule has 92 valence electrons. The minimum Gasteiger partial charge on any atom is -0.364 e. The van der Waals surface area contributed by atoms with E-state index in [1.54, 1.807) is 0 Å². The van der Waals surface area contributed by atoms with E-state index in [0.29, 0.717) is 6.17 Å². The van der Waals surface area contributed by atoms with E-state index in [9.17, 15) is 0 Å². The van der Waals surface area contributed by atoms with E-state index in [2.05, 4.69) is 59.4 Å². The quantitative estimate of drug-likeness (QED) is 0.872. The normalized spacial score (nSPS) is 17.4. The summed E-state index contributed by atoms with van der Waals surface area (Å²) in [4.78, 5) is 6.76. The number of nitrogens with zero attached hydrogens (tertiary/aromatic N) is 2. The van der Waals surface area contributed by atoms with Crippen LogP contribution in [0.4, 0.5) is 11.4 Å². The molecule has 2 heterocycles. The minimum absolute atomic E-state index is 0.308. The first-order valence-electron chi connectivity index (χ1n) is 6.28. The Morgan fingerprint density at radius 1 is 1.22 bits per heavy atom. The number of anilines is 2. The van der Waals surface area contributed by atoms with Crippen molar-refractivity contribution in [2.45, 2.75) is 26.6 Å². The molecule has 0 saturated heterocycles. The molecule has 0 fully saturated rings. The predicted molar refractivity (Wildman–Crippen MR) is 74.7 cm³/mol. The zero-order chi connectivity index (χ0) is 12.5. The van der Waals surface area contributed by atoms with Crippen LogP contribution in [0.1, 0.15) is 18.2 Å². The van der Waals surface area contributed by atoms with Crippen molar-refractivity contribution in [3.05, 3.63) is 53.9 Å². The summed E-state index contributed by atoms with van der Waals surface area (Å²) in [5, 5.41) is 3.49. The van der Waals surface area contributed by atoms with E-state index in [4.69, 9.17) is 0 Å². The number of fused-ring (bicyclic) bond motifs is 1. The van der Waals surface area contributed by atoms with Crippen LogP contribution < -0.4 is 10.2 Å². The molecule has 3 heteroatoms. The topological polar surface area (TPSA) is 28.2 Å². The van der Waals surface area contributed by atoms with Crippen molar-refractivity contribution in [3.8, 4) is 0 Å². The van der Waals surface area contributed by atoms with Gasteiger partial charge in [0.1, 0.15) is 0 Å². The molecule has 1 atom stereocenters. The number of aryl methyl sites for hydroxylation is 1. The van der Waals surface area contributed by atoms with Gasteiger partial charge in [0.2, 0.25) is 0 Å². The minimum atomic E-state index is 0.308. The lowest BCUT2D eigenvalue weighted by atomic mass is 10.2. The lowest BCUT2D eigenvalue weighted by Gasteiger charge is -2.24. The summed E-state index contributed by atoms with van der Waals surface area (Å²) in [7, 11) is 0. The molecular weight excluding hydrogens is 222 g/mol. The van der Waals surface area contributed by atoms with Gasteiger partial charge in [0.05, 0.1) is 23.2 Å². The Morgan fingerprint density at radius 2 is 2.00 bits per heavy atom. The van der Waals surface area contributed by atoms with Gasteiger partial charge in [-0.05, 0) is 25.5 Å². The first-order valence-corrected chi connectivity index (χ1v) is 6.28. The zero-order valence-electron chi connectivity index (χ0n) is 10.7. The summed E-state index contributed by atoms with van der Waals surface area (Å²) in [6.07, 6.45) is 2.17. The Morgan fingerprint density at radius 3 is 2.78 bits per heavy atom. The highest BCUT2D eigenvalue weighted by atomic mass is 15.3. The molecule has 1 N–H and O–H groups in total. The molecule has 1 unspecified atom stereocenters. The van der Waals surface area contributed by atoms with E-state index in [1.165, 1.54) is 16.9 Å². The molecule has 0 radical (unpaired) electrons. The molecule has 0 spiro atoms.